The Hall–Kier alpha value is -2.04. The Morgan fingerprint density at radius 1 is 1.29 bits per heavy atom. The molecule has 1 saturated heterocycles. The van der Waals surface area contributed by atoms with E-state index in [2.05, 4.69) is 0 Å². The third kappa shape index (κ3) is 2.07. The molecule has 112 valence electrons. The number of benzene rings is 1. The molecule has 1 unspecified atom stereocenters. The first-order valence-corrected chi connectivity index (χ1v) is 7.31. The van der Waals surface area contributed by atoms with E-state index in [0.717, 1.165) is 18.4 Å². The molecule has 1 aromatic carbocycles. The molecule has 0 aliphatic carbocycles. The van der Waals surface area contributed by atoms with Crippen molar-refractivity contribution in [1.29, 1.82) is 0 Å². The van der Waals surface area contributed by atoms with Gasteiger partial charge in [0.2, 0.25) is 0 Å². The van der Waals surface area contributed by atoms with Gasteiger partial charge in [0, 0.05) is 20.1 Å². The maximum atomic E-state index is 12.7. The summed E-state index contributed by atoms with van der Waals surface area (Å²) in [6.45, 7) is 4.95. The van der Waals surface area contributed by atoms with Gasteiger partial charge in [-0.05, 0) is 44.4 Å². The summed E-state index contributed by atoms with van der Waals surface area (Å²) < 4.78 is 5.85. The van der Waals surface area contributed by atoms with Gasteiger partial charge in [-0.3, -0.25) is 9.59 Å². The Balaban J connectivity index is 1.99. The first kappa shape index (κ1) is 13.9. The predicted octanol–water partition coefficient (Wildman–Crippen LogP) is 1.73. The minimum absolute atomic E-state index is 0.233. The SMILES string of the molecule is Cc1ccc2c(c1)N(C)C(=O)C(C)(C(=O)N1CCCC1)O2. The van der Waals surface area contributed by atoms with Crippen LogP contribution in [0.25, 0.3) is 0 Å². The van der Waals surface area contributed by atoms with Crippen LogP contribution in [-0.4, -0.2) is 42.5 Å². The predicted molar refractivity (Wildman–Crippen MR) is 79.4 cm³/mol. The molecule has 2 aliphatic heterocycles. The maximum Gasteiger partial charge on any atom is 0.280 e. The normalized spacial score (nSPS) is 24.8. The summed E-state index contributed by atoms with van der Waals surface area (Å²) in [4.78, 5) is 28.6. The average molecular weight is 288 g/mol. The lowest BCUT2D eigenvalue weighted by atomic mass is 9.99. The van der Waals surface area contributed by atoms with E-state index in [4.69, 9.17) is 4.74 Å². The molecule has 0 N–H and O–H groups in total. The molecule has 1 aromatic rings. The Kier molecular flexibility index (Phi) is 3.15. The summed E-state index contributed by atoms with van der Waals surface area (Å²) in [5, 5.41) is 0. The number of hydrogen-bond acceptors (Lipinski definition) is 3. The van der Waals surface area contributed by atoms with Gasteiger partial charge in [0.05, 0.1) is 5.69 Å². The number of rotatable bonds is 1. The quantitative estimate of drug-likeness (QED) is 0.740. The number of aryl methyl sites for hydroxylation is 1. The monoisotopic (exact) mass is 288 g/mol. The van der Waals surface area contributed by atoms with Crippen LogP contribution in [0.5, 0.6) is 5.75 Å². The van der Waals surface area contributed by atoms with Gasteiger partial charge in [0.25, 0.3) is 17.4 Å². The van der Waals surface area contributed by atoms with E-state index < -0.39 is 5.60 Å². The molecule has 5 heteroatoms. The van der Waals surface area contributed by atoms with Crippen LogP contribution in [0.1, 0.15) is 25.3 Å². The number of carbonyl (C=O) groups excluding carboxylic acids is 2. The number of carbonyl (C=O) groups is 2. The zero-order valence-corrected chi connectivity index (χ0v) is 12.7. The highest BCUT2D eigenvalue weighted by molar-refractivity contribution is 6.16. The number of ether oxygens (including phenoxy) is 1. The van der Waals surface area contributed by atoms with Crippen molar-refractivity contribution in [2.24, 2.45) is 0 Å². The number of likely N-dealkylation sites (tertiary alicyclic amines) is 1. The fourth-order valence-electron chi connectivity index (χ4n) is 3.03. The van der Waals surface area contributed by atoms with Crippen LogP contribution in [0, 0.1) is 6.92 Å². The summed E-state index contributed by atoms with van der Waals surface area (Å²) in [5.74, 6) is 0.0401. The van der Waals surface area contributed by atoms with E-state index in [0.29, 0.717) is 24.5 Å². The molecule has 0 spiro atoms. The third-order valence-electron chi connectivity index (χ3n) is 4.30. The first-order valence-electron chi connectivity index (χ1n) is 7.31. The molecule has 2 heterocycles. The van der Waals surface area contributed by atoms with Crippen molar-refractivity contribution in [3.05, 3.63) is 23.8 Å². The van der Waals surface area contributed by atoms with Crippen LogP contribution < -0.4 is 9.64 Å². The lowest BCUT2D eigenvalue weighted by molar-refractivity contribution is -0.155. The van der Waals surface area contributed by atoms with Crippen LogP contribution in [0.4, 0.5) is 5.69 Å². The average Bonchev–Trinajstić information content (AvgIpc) is 2.99. The number of amides is 2. The fraction of sp³-hybridized carbons (Fsp3) is 0.500. The Bertz CT molecular complexity index is 608. The second-order valence-corrected chi connectivity index (χ2v) is 5.97. The Morgan fingerprint density at radius 2 is 1.95 bits per heavy atom. The number of fused-ring (bicyclic) bond motifs is 1. The van der Waals surface area contributed by atoms with Crippen LogP contribution in [0.15, 0.2) is 18.2 Å². The minimum Gasteiger partial charge on any atom is -0.465 e. The standard InChI is InChI=1S/C16H20N2O3/c1-11-6-7-13-12(10-11)17(3)14(19)16(2,21-13)15(20)18-8-4-5-9-18/h6-7,10H,4-5,8-9H2,1-3H3. The molecular weight excluding hydrogens is 268 g/mol. The summed E-state index contributed by atoms with van der Waals surface area (Å²) in [7, 11) is 1.69. The van der Waals surface area contributed by atoms with E-state index in [1.165, 1.54) is 4.90 Å². The lowest BCUT2D eigenvalue weighted by Gasteiger charge is -2.39. The molecule has 2 amide bonds. The molecule has 1 fully saturated rings. The van der Waals surface area contributed by atoms with E-state index in [1.54, 1.807) is 18.9 Å². The first-order chi connectivity index (χ1) is 9.93. The minimum atomic E-state index is -1.46. The summed E-state index contributed by atoms with van der Waals surface area (Å²) in [6.07, 6.45) is 1.98. The van der Waals surface area contributed by atoms with Crippen molar-refractivity contribution in [3.8, 4) is 5.75 Å². The second kappa shape index (κ2) is 4.76. The Labute approximate surface area is 124 Å². The van der Waals surface area contributed by atoms with Gasteiger partial charge in [-0.15, -0.1) is 0 Å². The van der Waals surface area contributed by atoms with Gasteiger partial charge < -0.3 is 14.5 Å². The Morgan fingerprint density at radius 3 is 2.62 bits per heavy atom. The summed E-state index contributed by atoms with van der Waals surface area (Å²) in [6, 6.07) is 5.64. The molecule has 5 nitrogen and oxygen atoms in total. The topological polar surface area (TPSA) is 49.9 Å². The molecule has 1 atom stereocenters. The van der Waals surface area contributed by atoms with Gasteiger partial charge in [-0.2, -0.15) is 0 Å². The number of nitrogens with zero attached hydrogens (tertiary/aromatic N) is 2. The molecule has 0 radical (unpaired) electrons. The molecule has 0 aromatic heterocycles. The van der Waals surface area contributed by atoms with Gasteiger partial charge in [-0.1, -0.05) is 6.07 Å². The van der Waals surface area contributed by atoms with Crippen LogP contribution in [0.3, 0.4) is 0 Å². The molecular formula is C16H20N2O3. The van der Waals surface area contributed by atoms with Crippen LogP contribution in [0.2, 0.25) is 0 Å². The smallest absolute Gasteiger partial charge is 0.280 e. The van der Waals surface area contributed by atoms with Crippen LogP contribution >= 0.6 is 0 Å². The van der Waals surface area contributed by atoms with Crippen molar-refractivity contribution in [2.75, 3.05) is 25.0 Å². The second-order valence-electron chi connectivity index (χ2n) is 5.97. The highest BCUT2D eigenvalue weighted by atomic mass is 16.5. The largest absolute Gasteiger partial charge is 0.465 e. The zero-order valence-electron chi connectivity index (χ0n) is 12.7. The van der Waals surface area contributed by atoms with Crippen molar-refractivity contribution in [1.82, 2.24) is 4.90 Å². The number of hydrogen-bond donors (Lipinski definition) is 0. The van der Waals surface area contributed by atoms with E-state index in [9.17, 15) is 9.59 Å². The van der Waals surface area contributed by atoms with Gasteiger partial charge >= 0.3 is 0 Å². The maximum absolute atomic E-state index is 12.7. The van der Waals surface area contributed by atoms with Crippen molar-refractivity contribution >= 4 is 17.5 Å². The van der Waals surface area contributed by atoms with Crippen LogP contribution in [-0.2, 0) is 9.59 Å². The lowest BCUT2D eigenvalue weighted by Crippen LogP contribution is -2.61. The number of anilines is 1. The van der Waals surface area contributed by atoms with Gasteiger partial charge in [0.1, 0.15) is 5.75 Å². The van der Waals surface area contributed by atoms with E-state index in [1.807, 2.05) is 25.1 Å². The highest BCUT2D eigenvalue weighted by Crippen LogP contribution is 2.38. The van der Waals surface area contributed by atoms with Gasteiger partial charge in [-0.25, -0.2) is 0 Å². The van der Waals surface area contributed by atoms with Crippen molar-refractivity contribution in [2.45, 2.75) is 32.3 Å². The molecule has 3 rings (SSSR count). The van der Waals surface area contributed by atoms with Crippen molar-refractivity contribution in [3.63, 3.8) is 0 Å². The number of likely N-dealkylation sites (N-methyl/N-ethyl adjacent to an activating group) is 1. The summed E-state index contributed by atoms with van der Waals surface area (Å²) in [5.41, 5.74) is 0.305. The fourth-order valence-corrected chi connectivity index (χ4v) is 3.03. The van der Waals surface area contributed by atoms with Crippen molar-refractivity contribution < 1.29 is 14.3 Å². The third-order valence-corrected chi connectivity index (χ3v) is 4.30. The molecule has 0 bridgehead atoms. The van der Waals surface area contributed by atoms with E-state index >= 15 is 0 Å². The highest BCUT2D eigenvalue weighted by Gasteiger charge is 2.51. The zero-order chi connectivity index (χ0) is 15.2. The van der Waals surface area contributed by atoms with E-state index in [-0.39, 0.29) is 11.8 Å². The molecule has 21 heavy (non-hydrogen) atoms. The molecule has 0 saturated carbocycles. The summed E-state index contributed by atoms with van der Waals surface area (Å²) >= 11 is 0. The molecule has 2 aliphatic rings. The van der Waals surface area contributed by atoms with Gasteiger partial charge in [0.15, 0.2) is 0 Å².